The van der Waals surface area contributed by atoms with Gasteiger partial charge in [0.1, 0.15) is 5.82 Å². The zero-order valence-corrected chi connectivity index (χ0v) is 19.1. The van der Waals surface area contributed by atoms with Crippen molar-refractivity contribution in [3.63, 3.8) is 0 Å². The number of aryl methyl sites for hydroxylation is 1. The van der Waals surface area contributed by atoms with E-state index in [0.29, 0.717) is 11.5 Å². The quantitative estimate of drug-likeness (QED) is 0.360. The third kappa shape index (κ3) is 6.21. The minimum atomic E-state index is -0.181. The molecule has 0 spiro atoms. The van der Waals surface area contributed by atoms with Crippen LogP contribution in [0.5, 0.6) is 0 Å². The first-order valence-corrected chi connectivity index (χ1v) is 9.23. The van der Waals surface area contributed by atoms with Crippen LogP contribution in [0.2, 0.25) is 0 Å². The number of thiophene rings is 1. The zero-order valence-electron chi connectivity index (χ0n) is 15.9. The number of hydrogen-bond donors (Lipinski definition) is 2. The SMILES string of the molecule is CN=C(NCC(c1cccs1)N(C)C)NC(C)c1ccc(C)c(F)c1.I. The summed E-state index contributed by atoms with van der Waals surface area (Å²) in [6.45, 7) is 4.51. The van der Waals surface area contributed by atoms with Crippen molar-refractivity contribution in [1.82, 2.24) is 15.5 Å². The van der Waals surface area contributed by atoms with Gasteiger partial charge in [0.05, 0.1) is 12.1 Å². The van der Waals surface area contributed by atoms with Crippen molar-refractivity contribution >= 4 is 41.3 Å². The molecular weight excluding hydrogens is 462 g/mol. The van der Waals surface area contributed by atoms with Gasteiger partial charge in [0.25, 0.3) is 0 Å². The summed E-state index contributed by atoms with van der Waals surface area (Å²) < 4.78 is 13.8. The number of aliphatic imine (C=N–C) groups is 1. The molecule has 2 unspecified atom stereocenters. The monoisotopic (exact) mass is 490 g/mol. The average Bonchev–Trinajstić information content (AvgIpc) is 3.10. The molecule has 1 heterocycles. The fraction of sp³-hybridized carbons (Fsp3) is 0.421. The van der Waals surface area contributed by atoms with Gasteiger partial charge in [-0.2, -0.15) is 0 Å². The summed E-state index contributed by atoms with van der Waals surface area (Å²) in [6.07, 6.45) is 0. The van der Waals surface area contributed by atoms with E-state index in [0.717, 1.165) is 12.1 Å². The number of halogens is 2. The van der Waals surface area contributed by atoms with Crippen molar-refractivity contribution in [2.24, 2.45) is 4.99 Å². The van der Waals surface area contributed by atoms with E-state index in [1.165, 1.54) is 4.88 Å². The van der Waals surface area contributed by atoms with Crippen molar-refractivity contribution in [2.75, 3.05) is 27.7 Å². The van der Waals surface area contributed by atoms with Crippen LogP contribution in [-0.2, 0) is 0 Å². The molecule has 0 amide bonds. The molecule has 2 rings (SSSR count). The minimum Gasteiger partial charge on any atom is -0.354 e. The van der Waals surface area contributed by atoms with Gasteiger partial charge < -0.3 is 15.5 Å². The number of nitrogens with zero attached hydrogens (tertiary/aromatic N) is 2. The summed E-state index contributed by atoms with van der Waals surface area (Å²) in [5.74, 6) is 0.524. The number of nitrogens with one attached hydrogen (secondary N) is 2. The molecule has 144 valence electrons. The van der Waals surface area contributed by atoms with Crippen LogP contribution in [0.1, 0.15) is 35.0 Å². The van der Waals surface area contributed by atoms with Gasteiger partial charge in [0, 0.05) is 18.5 Å². The number of hydrogen-bond acceptors (Lipinski definition) is 3. The Morgan fingerprint density at radius 2 is 2.04 bits per heavy atom. The molecule has 0 radical (unpaired) electrons. The molecule has 0 fully saturated rings. The van der Waals surface area contributed by atoms with Gasteiger partial charge in [-0.05, 0) is 56.6 Å². The first-order valence-electron chi connectivity index (χ1n) is 8.35. The lowest BCUT2D eigenvalue weighted by molar-refractivity contribution is 0.302. The summed E-state index contributed by atoms with van der Waals surface area (Å²) in [5, 5.41) is 8.79. The Kier molecular flexibility index (Phi) is 9.52. The molecule has 2 N–H and O–H groups in total. The maximum Gasteiger partial charge on any atom is 0.191 e. The van der Waals surface area contributed by atoms with Crippen molar-refractivity contribution in [1.29, 1.82) is 0 Å². The van der Waals surface area contributed by atoms with Crippen LogP contribution < -0.4 is 10.6 Å². The van der Waals surface area contributed by atoms with Crippen molar-refractivity contribution in [3.8, 4) is 0 Å². The Labute approximate surface area is 176 Å². The van der Waals surface area contributed by atoms with E-state index in [1.54, 1.807) is 37.4 Å². The van der Waals surface area contributed by atoms with E-state index in [1.807, 2.05) is 13.0 Å². The van der Waals surface area contributed by atoms with E-state index < -0.39 is 0 Å². The third-order valence-electron chi connectivity index (χ3n) is 4.23. The molecule has 1 aromatic carbocycles. The smallest absolute Gasteiger partial charge is 0.191 e. The van der Waals surface area contributed by atoms with Crippen molar-refractivity contribution in [3.05, 3.63) is 57.5 Å². The Morgan fingerprint density at radius 1 is 1.31 bits per heavy atom. The van der Waals surface area contributed by atoms with E-state index in [-0.39, 0.29) is 41.9 Å². The van der Waals surface area contributed by atoms with E-state index in [2.05, 4.69) is 52.1 Å². The molecular formula is C19H28FIN4S. The molecule has 0 aliphatic heterocycles. The predicted molar refractivity (Wildman–Crippen MR) is 120 cm³/mol. The van der Waals surface area contributed by atoms with E-state index >= 15 is 0 Å². The van der Waals surface area contributed by atoms with Gasteiger partial charge in [-0.25, -0.2) is 4.39 Å². The van der Waals surface area contributed by atoms with E-state index in [4.69, 9.17) is 0 Å². The first kappa shape index (κ1) is 22.9. The topological polar surface area (TPSA) is 39.7 Å². The lowest BCUT2D eigenvalue weighted by Crippen LogP contribution is -2.42. The number of guanidine groups is 1. The zero-order chi connectivity index (χ0) is 18.4. The highest BCUT2D eigenvalue weighted by atomic mass is 127. The molecule has 0 aliphatic carbocycles. The fourth-order valence-corrected chi connectivity index (χ4v) is 3.50. The van der Waals surface area contributed by atoms with Crippen LogP contribution in [0.3, 0.4) is 0 Å². The molecule has 2 atom stereocenters. The van der Waals surface area contributed by atoms with Crippen LogP contribution in [0.25, 0.3) is 0 Å². The lowest BCUT2D eigenvalue weighted by atomic mass is 10.1. The van der Waals surface area contributed by atoms with Crippen LogP contribution in [0.4, 0.5) is 4.39 Å². The number of likely N-dealkylation sites (N-methyl/N-ethyl adjacent to an activating group) is 1. The largest absolute Gasteiger partial charge is 0.354 e. The summed E-state index contributed by atoms with van der Waals surface area (Å²) in [7, 11) is 5.88. The fourth-order valence-electron chi connectivity index (χ4n) is 2.57. The lowest BCUT2D eigenvalue weighted by Gasteiger charge is -2.25. The van der Waals surface area contributed by atoms with Crippen molar-refractivity contribution in [2.45, 2.75) is 25.9 Å². The molecule has 7 heteroatoms. The first-order chi connectivity index (χ1) is 11.9. The maximum atomic E-state index is 13.8. The molecule has 4 nitrogen and oxygen atoms in total. The predicted octanol–water partition coefficient (Wildman–Crippen LogP) is 4.34. The summed E-state index contributed by atoms with van der Waals surface area (Å²) in [4.78, 5) is 7.78. The van der Waals surface area contributed by atoms with Gasteiger partial charge >= 0.3 is 0 Å². The maximum absolute atomic E-state index is 13.8. The normalized spacial score (nSPS) is 13.9. The Hall–Kier alpha value is -1.19. The van der Waals surface area contributed by atoms with Crippen LogP contribution in [0.15, 0.2) is 40.7 Å². The Bertz CT molecular complexity index is 704. The van der Waals surface area contributed by atoms with E-state index in [9.17, 15) is 4.39 Å². The highest BCUT2D eigenvalue weighted by molar-refractivity contribution is 14.0. The molecule has 0 bridgehead atoms. The Balaban J connectivity index is 0.00000338. The van der Waals surface area contributed by atoms with Gasteiger partial charge in [-0.15, -0.1) is 35.3 Å². The second kappa shape index (κ2) is 10.8. The van der Waals surface area contributed by atoms with Gasteiger partial charge in [-0.3, -0.25) is 4.99 Å². The summed E-state index contributed by atoms with van der Waals surface area (Å²) in [6, 6.07) is 9.76. The highest BCUT2D eigenvalue weighted by Crippen LogP contribution is 2.22. The third-order valence-corrected chi connectivity index (χ3v) is 5.20. The summed E-state index contributed by atoms with van der Waals surface area (Å²) in [5.41, 5.74) is 1.55. The Morgan fingerprint density at radius 3 is 2.58 bits per heavy atom. The van der Waals surface area contributed by atoms with Crippen molar-refractivity contribution < 1.29 is 4.39 Å². The van der Waals surface area contributed by atoms with Gasteiger partial charge in [0.15, 0.2) is 5.96 Å². The minimum absolute atomic E-state index is 0. The molecule has 1 aromatic heterocycles. The molecule has 0 saturated carbocycles. The summed E-state index contributed by atoms with van der Waals surface area (Å²) >= 11 is 1.75. The van der Waals surface area contributed by atoms with Crippen LogP contribution in [-0.4, -0.2) is 38.5 Å². The van der Waals surface area contributed by atoms with Gasteiger partial charge in [0.2, 0.25) is 0 Å². The second-order valence-corrected chi connectivity index (χ2v) is 7.30. The molecule has 0 aliphatic rings. The molecule has 2 aromatic rings. The highest BCUT2D eigenvalue weighted by Gasteiger charge is 2.16. The van der Waals surface area contributed by atoms with Crippen LogP contribution in [0, 0.1) is 12.7 Å². The van der Waals surface area contributed by atoms with Crippen LogP contribution >= 0.6 is 35.3 Å². The number of rotatable bonds is 6. The molecule has 26 heavy (non-hydrogen) atoms. The molecule has 0 saturated heterocycles. The standard InChI is InChI=1S/C19H27FN4S.HI/c1-13-8-9-15(11-16(13)20)14(2)23-19(21-3)22-12-17(24(4)5)18-7-6-10-25-18;/h6-11,14,17H,12H2,1-5H3,(H2,21,22,23);1H. The average molecular weight is 490 g/mol. The van der Waals surface area contributed by atoms with Gasteiger partial charge in [-0.1, -0.05) is 18.2 Å². The number of benzene rings is 1. The second-order valence-electron chi connectivity index (χ2n) is 6.32.